The molecule has 5 heteroatoms. The molecule has 0 atom stereocenters. The van der Waals surface area contributed by atoms with Crippen molar-refractivity contribution in [3.8, 4) is 5.75 Å². The van der Waals surface area contributed by atoms with Gasteiger partial charge in [0.15, 0.2) is 9.84 Å². The Balaban J connectivity index is 1.97. The van der Waals surface area contributed by atoms with Crippen LogP contribution in [0.15, 0.2) is 18.2 Å². The smallest absolute Gasteiger partial charge is 0.155 e. The molecule has 1 aromatic rings. The molecule has 1 saturated carbocycles. The number of hydrogen-bond donors (Lipinski definition) is 1. The molecule has 1 fully saturated rings. The second kappa shape index (κ2) is 6.79. The van der Waals surface area contributed by atoms with Crippen molar-refractivity contribution in [2.75, 3.05) is 12.4 Å². The number of sulfone groups is 1. The van der Waals surface area contributed by atoms with E-state index in [4.69, 9.17) is 4.74 Å². The third-order valence-electron chi connectivity index (χ3n) is 3.78. The lowest BCUT2D eigenvalue weighted by molar-refractivity contribution is 0.333. The van der Waals surface area contributed by atoms with Gasteiger partial charge in [0.25, 0.3) is 0 Å². The zero-order valence-electron chi connectivity index (χ0n) is 13.1. The number of para-hydroxylation sites is 1. The number of hydrogen-bond acceptors (Lipinski definition) is 4. The van der Waals surface area contributed by atoms with E-state index < -0.39 is 9.84 Å². The molecule has 1 aromatic carbocycles. The predicted molar refractivity (Wildman–Crippen MR) is 85.5 cm³/mol. The summed E-state index contributed by atoms with van der Waals surface area (Å²) < 4.78 is 29.4. The molecule has 118 valence electrons. The Hall–Kier alpha value is -1.07. The van der Waals surface area contributed by atoms with Crippen LogP contribution in [0.4, 0.5) is 0 Å². The predicted octanol–water partition coefficient (Wildman–Crippen LogP) is 2.45. The summed E-state index contributed by atoms with van der Waals surface area (Å²) in [6, 6.07) is 6.68. The van der Waals surface area contributed by atoms with Crippen molar-refractivity contribution in [3.63, 3.8) is 0 Å². The molecular formula is C16H25NO3S. The van der Waals surface area contributed by atoms with Crippen molar-refractivity contribution in [3.05, 3.63) is 29.3 Å². The van der Waals surface area contributed by atoms with Crippen molar-refractivity contribution in [1.29, 1.82) is 0 Å². The van der Waals surface area contributed by atoms with Crippen molar-refractivity contribution < 1.29 is 13.2 Å². The average molecular weight is 311 g/mol. The molecule has 0 heterocycles. The fraction of sp³-hybridized carbons (Fsp3) is 0.625. The molecular weight excluding hydrogens is 286 g/mol. The SMILES string of the molecule is Cc1cccc(CNC2CC2)c1OCCS(=O)(=O)C(C)C. The molecule has 0 aliphatic heterocycles. The molecule has 0 saturated heterocycles. The zero-order chi connectivity index (χ0) is 15.5. The topological polar surface area (TPSA) is 55.4 Å². The molecule has 0 radical (unpaired) electrons. The summed E-state index contributed by atoms with van der Waals surface area (Å²) in [7, 11) is -3.05. The Labute approximate surface area is 127 Å². The Morgan fingerprint density at radius 2 is 2.05 bits per heavy atom. The van der Waals surface area contributed by atoms with Crippen LogP contribution in [0.1, 0.15) is 37.8 Å². The van der Waals surface area contributed by atoms with Gasteiger partial charge in [-0.3, -0.25) is 0 Å². The highest BCUT2D eigenvalue weighted by Crippen LogP contribution is 2.25. The monoisotopic (exact) mass is 311 g/mol. The molecule has 0 amide bonds. The van der Waals surface area contributed by atoms with E-state index in [0.29, 0.717) is 6.04 Å². The van der Waals surface area contributed by atoms with Crippen LogP contribution < -0.4 is 10.1 Å². The van der Waals surface area contributed by atoms with Gasteiger partial charge in [0, 0.05) is 18.2 Å². The van der Waals surface area contributed by atoms with E-state index in [0.717, 1.165) is 23.4 Å². The van der Waals surface area contributed by atoms with Gasteiger partial charge < -0.3 is 10.1 Å². The van der Waals surface area contributed by atoms with Gasteiger partial charge in [-0.1, -0.05) is 18.2 Å². The minimum atomic E-state index is -3.05. The van der Waals surface area contributed by atoms with Crippen molar-refractivity contribution in [2.24, 2.45) is 0 Å². The molecule has 1 aliphatic carbocycles. The van der Waals surface area contributed by atoms with Gasteiger partial charge in [0.05, 0.1) is 11.0 Å². The minimum Gasteiger partial charge on any atom is -0.492 e. The van der Waals surface area contributed by atoms with Crippen LogP contribution >= 0.6 is 0 Å². The number of ether oxygens (including phenoxy) is 1. The maximum atomic E-state index is 11.8. The van der Waals surface area contributed by atoms with E-state index in [1.807, 2.05) is 25.1 Å². The normalized spacial score (nSPS) is 15.4. The molecule has 2 rings (SSSR count). The van der Waals surface area contributed by atoms with Crippen LogP contribution in [-0.4, -0.2) is 32.1 Å². The highest BCUT2D eigenvalue weighted by molar-refractivity contribution is 7.91. The highest BCUT2D eigenvalue weighted by atomic mass is 32.2. The van der Waals surface area contributed by atoms with Gasteiger partial charge >= 0.3 is 0 Å². The number of aryl methyl sites for hydroxylation is 1. The number of rotatable bonds is 8. The Morgan fingerprint density at radius 1 is 1.33 bits per heavy atom. The van der Waals surface area contributed by atoms with Gasteiger partial charge in [-0.25, -0.2) is 8.42 Å². The Bertz CT molecular complexity index is 577. The third kappa shape index (κ3) is 4.71. The molecule has 21 heavy (non-hydrogen) atoms. The number of nitrogens with one attached hydrogen (secondary N) is 1. The van der Waals surface area contributed by atoms with E-state index in [-0.39, 0.29) is 17.6 Å². The minimum absolute atomic E-state index is 0.0640. The van der Waals surface area contributed by atoms with Gasteiger partial charge in [0.1, 0.15) is 12.4 Å². The van der Waals surface area contributed by atoms with Crippen molar-refractivity contribution >= 4 is 9.84 Å². The zero-order valence-corrected chi connectivity index (χ0v) is 13.9. The van der Waals surface area contributed by atoms with E-state index in [1.54, 1.807) is 13.8 Å². The van der Waals surface area contributed by atoms with E-state index in [1.165, 1.54) is 12.8 Å². The van der Waals surface area contributed by atoms with Crippen LogP contribution in [-0.2, 0) is 16.4 Å². The molecule has 4 nitrogen and oxygen atoms in total. The van der Waals surface area contributed by atoms with Crippen LogP contribution in [0.2, 0.25) is 0 Å². The highest BCUT2D eigenvalue weighted by Gasteiger charge is 2.21. The second-order valence-electron chi connectivity index (χ2n) is 5.98. The molecule has 1 aliphatic rings. The summed E-state index contributed by atoms with van der Waals surface area (Å²) >= 11 is 0. The molecule has 0 unspecified atom stereocenters. The first kappa shape index (κ1) is 16.3. The fourth-order valence-electron chi connectivity index (χ4n) is 2.10. The fourth-order valence-corrected chi connectivity index (χ4v) is 2.88. The lowest BCUT2D eigenvalue weighted by atomic mass is 10.1. The summed E-state index contributed by atoms with van der Waals surface area (Å²) in [6.45, 7) is 6.38. The van der Waals surface area contributed by atoms with Crippen LogP contribution in [0.25, 0.3) is 0 Å². The van der Waals surface area contributed by atoms with Gasteiger partial charge in [-0.15, -0.1) is 0 Å². The van der Waals surface area contributed by atoms with Crippen LogP contribution in [0.5, 0.6) is 5.75 Å². The lowest BCUT2D eigenvalue weighted by Gasteiger charge is -2.15. The summed E-state index contributed by atoms with van der Waals surface area (Å²) in [6.07, 6.45) is 2.49. The lowest BCUT2D eigenvalue weighted by Crippen LogP contribution is -2.23. The Kier molecular flexibility index (Phi) is 5.27. The summed E-state index contributed by atoms with van der Waals surface area (Å²) in [4.78, 5) is 0. The Morgan fingerprint density at radius 3 is 2.67 bits per heavy atom. The third-order valence-corrected chi connectivity index (χ3v) is 5.96. The molecule has 1 N–H and O–H groups in total. The van der Waals surface area contributed by atoms with E-state index in [2.05, 4.69) is 5.32 Å². The van der Waals surface area contributed by atoms with Gasteiger partial charge in [0.2, 0.25) is 0 Å². The summed E-state index contributed by atoms with van der Waals surface area (Å²) in [5, 5.41) is 3.11. The van der Waals surface area contributed by atoms with Crippen molar-refractivity contribution in [2.45, 2.75) is 51.4 Å². The molecule has 0 spiro atoms. The van der Waals surface area contributed by atoms with Gasteiger partial charge in [-0.05, 0) is 39.2 Å². The largest absolute Gasteiger partial charge is 0.492 e. The summed E-state index contributed by atoms with van der Waals surface area (Å²) in [5.41, 5.74) is 2.15. The van der Waals surface area contributed by atoms with Gasteiger partial charge in [-0.2, -0.15) is 0 Å². The van der Waals surface area contributed by atoms with Crippen molar-refractivity contribution in [1.82, 2.24) is 5.32 Å². The van der Waals surface area contributed by atoms with E-state index >= 15 is 0 Å². The van der Waals surface area contributed by atoms with Crippen LogP contribution in [0.3, 0.4) is 0 Å². The van der Waals surface area contributed by atoms with Crippen LogP contribution in [0, 0.1) is 6.92 Å². The quantitative estimate of drug-likeness (QED) is 0.801. The standard InChI is InChI=1S/C16H25NO3S/c1-12(2)21(18,19)10-9-20-16-13(3)5-4-6-14(16)11-17-15-7-8-15/h4-6,12,15,17H,7-11H2,1-3H3. The molecule has 0 bridgehead atoms. The second-order valence-corrected chi connectivity index (χ2v) is 8.66. The molecule has 0 aromatic heterocycles. The van der Waals surface area contributed by atoms with E-state index in [9.17, 15) is 8.42 Å². The maximum Gasteiger partial charge on any atom is 0.155 e. The first-order chi connectivity index (χ1) is 9.90. The number of benzene rings is 1. The first-order valence-corrected chi connectivity index (χ1v) is 9.28. The first-order valence-electron chi connectivity index (χ1n) is 7.56. The maximum absolute atomic E-state index is 11.8. The average Bonchev–Trinajstić information content (AvgIpc) is 3.22. The summed E-state index contributed by atoms with van der Waals surface area (Å²) in [5.74, 6) is 0.888.